The van der Waals surface area contributed by atoms with E-state index in [9.17, 15) is 0 Å². The van der Waals surface area contributed by atoms with E-state index < -0.39 is 0 Å². The fourth-order valence-electron chi connectivity index (χ4n) is 0.666. The highest BCUT2D eigenvalue weighted by atomic mass is 16.5. The van der Waals surface area contributed by atoms with Crippen molar-refractivity contribution in [3.8, 4) is 0 Å². The van der Waals surface area contributed by atoms with Crippen LogP contribution in [-0.2, 0) is 9.47 Å². The molecule has 12 heavy (non-hydrogen) atoms. The molecule has 0 aromatic heterocycles. The molecule has 72 valence electrons. The molecule has 0 N–H and O–H groups in total. The molecule has 0 atom stereocenters. The Bertz CT molecular complexity index is 139. The van der Waals surface area contributed by atoms with Gasteiger partial charge in [0.1, 0.15) is 0 Å². The van der Waals surface area contributed by atoms with Crippen molar-refractivity contribution in [1.29, 1.82) is 0 Å². The molecule has 0 fully saturated rings. The molecule has 0 unspecified atom stereocenters. The first-order valence-corrected chi connectivity index (χ1v) is 4.25. The number of hydrogen-bond donors (Lipinski definition) is 0. The maximum atomic E-state index is 5.35. The monoisotopic (exact) mass is 172 g/mol. The molecule has 0 amide bonds. The van der Waals surface area contributed by atoms with E-state index >= 15 is 0 Å². The lowest BCUT2D eigenvalue weighted by Gasteiger charge is -2.22. The molecular weight excluding hydrogens is 152 g/mol. The van der Waals surface area contributed by atoms with Gasteiger partial charge in [0.2, 0.25) is 0 Å². The molecule has 0 spiro atoms. The first-order valence-electron chi connectivity index (χ1n) is 4.25. The molecule has 0 saturated heterocycles. The molecule has 2 heteroatoms. The first-order chi connectivity index (χ1) is 5.48. The third kappa shape index (κ3) is 6.38. The van der Waals surface area contributed by atoms with Crippen molar-refractivity contribution >= 4 is 0 Å². The zero-order chi connectivity index (χ0) is 9.61. The standard InChI is InChI=1S/C10H20O2/c1-9(2)8-12-7-6-10(3,4)11-5/h1,6-8H2,2-5H3. The summed E-state index contributed by atoms with van der Waals surface area (Å²) < 4.78 is 10.6. The number of hydrogen-bond acceptors (Lipinski definition) is 2. The minimum Gasteiger partial charge on any atom is -0.379 e. The van der Waals surface area contributed by atoms with E-state index in [0.29, 0.717) is 6.61 Å². The van der Waals surface area contributed by atoms with Gasteiger partial charge in [0.05, 0.1) is 12.2 Å². The SMILES string of the molecule is C=C(C)COCCC(C)(C)OC. The molecule has 2 nitrogen and oxygen atoms in total. The third-order valence-electron chi connectivity index (χ3n) is 1.75. The average Bonchev–Trinajstić information content (AvgIpc) is 1.98. The Morgan fingerprint density at radius 3 is 2.42 bits per heavy atom. The van der Waals surface area contributed by atoms with Crippen molar-refractivity contribution in [2.24, 2.45) is 0 Å². The topological polar surface area (TPSA) is 18.5 Å². The predicted molar refractivity (Wildman–Crippen MR) is 51.3 cm³/mol. The highest BCUT2D eigenvalue weighted by Crippen LogP contribution is 2.12. The zero-order valence-corrected chi connectivity index (χ0v) is 8.64. The molecular formula is C10H20O2. The molecule has 0 aliphatic carbocycles. The van der Waals surface area contributed by atoms with Crippen molar-refractivity contribution < 1.29 is 9.47 Å². The Kier molecular flexibility index (Phi) is 5.18. The summed E-state index contributed by atoms with van der Waals surface area (Å²) in [6.07, 6.45) is 0.913. The van der Waals surface area contributed by atoms with Crippen LogP contribution in [0.2, 0.25) is 0 Å². The Labute approximate surface area is 75.6 Å². The van der Waals surface area contributed by atoms with Gasteiger partial charge in [0.15, 0.2) is 0 Å². The normalized spacial score (nSPS) is 11.7. The van der Waals surface area contributed by atoms with Gasteiger partial charge in [0, 0.05) is 13.7 Å². The second-order valence-corrected chi connectivity index (χ2v) is 3.72. The fourth-order valence-corrected chi connectivity index (χ4v) is 0.666. The molecule has 0 heterocycles. The summed E-state index contributed by atoms with van der Waals surface area (Å²) in [7, 11) is 1.72. The summed E-state index contributed by atoms with van der Waals surface area (Å²) in [4.78, 5) is 0. The Balaban J connectivity index is 3.37. The van der Waals surface area contributed by atoms with Gasteiger partial charge in [-0.2, -0.15) is 0 Å². The van der Waals surface area contributed by atoms with E-state index in [1.807, 2.05) is 6.92 Å². The van der Waals surface area contributed by atoms with E-state index in [1.165, 1.54) is 0 Å². The van der Waals surface area contributed by atoms with Crippen molar-refractivity contribution in [1.82, 2.24) is 0 Å². The Hall–Kier alpha value is -0.340. The molecule has 0 aliphatic rings. The summed E-state index contributed by atoms with van der Waals surface area (Å²) in [5, 5.41) is 0. The van der Waals surface area contributed by atoms with Crippen LogP contribution in [0, 0.1) is 0 Å². The molecule has 0 aromatic carbocycles. The lowest BCUT2D eigenvalue weighted by molar-refractivity contribution is -0.00715. The van der Waals surface area contributed by atoms with Gasteiger partial charge >= 0.3 is 0 Å². The number of ether oxygens (including phenoxy) is 2. The number of methoxy groups -OCH3 is 1. The summed E-state index contributed by atoms with van der Waals surface area (Å²) in [5.74, 6) is 0. The lowest BCUT2D eigenvalue weighted by atomic mass is 10.1. The van der Waals surface area contributed by atoms with E-state index in [4.69, 9.17) is 9.47 Å². The van der Waals surface area contributed by atoms with Crippen LogP contribution in [0.3, 0.4) is 0 Å². The second-order valence-electron chi connectivity index (χ2n) is 3.72. The quantitative estimate of drug-likeness (QED) is 0.452. The van der Waals surface area contributed by atoms with Gasteiger partial charge in [-0.3, -0.25) is 0 Å². The van der Waals surface area contributed by atoms with Crippen molar-refractivity contribution in [2.75, 3.05) is 20.3 Å². The van der Waals surface area contributed by atoms with Gasteiger partial charge in [-0.15, -0.1) is 0 Å². The van der Waals surface area contributed by atoms with E-state index in [2.05, 4.69) is 20.4 Å². The molecule has 0 bridgehead atoms. The van der Waals surface area contributed by atoms with Crippen LogP contribution in [0.15, 0.2) is 12.2 Å². The minimum atomic E-state index is -0.0743. The molecule has 0 radical (unpaired) electrons. The van der Waals surface area contributed by atoms with E-state index in [1.54, 1.807) is 7.11 Å². The summed E-state index contributed by atoms with van der Waals surface area (Å²) >= 11 is 0. The Morgan fingerprint density at radius 1 is 1.42 bits per heavy atom. The average molecular weight is 172 g/mol. The van der Waals surface area contributed by atoms with Crippen LogP contribution < -0.4 is 0 Å². The fraction of sp³-hybridized carbons (Fsp3) is 0.800. The zero-order valence-electron chi connectivity index (χ0n) is 8.64. The summed E-state index contributed by atoms with van der Waals surface area (Å²) in [6.45, 7) is 11.2. The van der Waals surface area contributed by atoms with Crippen molar-refractivity contribution in [3.05, 3.63) is 12.2 Å². The van der Waals surface area contributed by atoms with Crippen molar-refractivity contribution in [3.63, 3.8) is 0 Å². The molecule has 0 aromatic rings. The van der Waals surface area contributed by atoms with Crippen LogP contribution in [0.25, 0.3) is 0 Å². The van der Waals surface area contributed by atoms with Crippen LogP contribution in [-0.4, -0.2) is 25.9 Å². The van der Waals surface area contributed by atoms with Gasteiger partial charge in [0.25, 0.3) is 0 Å². The van der Waals surface area contributed by atoms with Crippen LogP contribution >= 0.6 is 0 Å². The molecule has 0 aliphatic heterocycles. The second kappa shape index (κ2) is 5.33. The van der Waals surface area contributed by atoms with E-state index in [0.717, 1.165) is 18.6 Å². The smallest absolute Gasteiger partial charge is 0.0671 e. The predicted octanol–water partition coefficient (Wildman–Crippen LogP) is 2.39. The third-order valence-corrected chi connectivity index (χ3v) is 1.75. The van der Waals surface area contributed by atoms with Gasteiger partial charge in [-0.25, -0.2) is 0 Å². The van der Waals surface area contributed by atoms with Crippen LogP contribution in [0.1, 0.15) is 27.2 Å². The van der Waals surface area contributed by atoms with Gasteiger partial charge in [-0.1, -0.05) is 12.2 Å². The maximum Gasteiger partial charge on any atom is 0.0671 e. The van der Waals surface area contributed by atoms with Crippen LogP contribution in [0.4, 0.5) is 0 Å². The Morgan fingerprint density at radius 2 is 2.00 bits per heavy atom. The van der Waals surface area contributed by atoms with Gasteiger partial charge in [-0.05, 0) is 27.2 Å². The molecule has 0 rings (SSSR count). The maximum absolute atomic E-state index is 5.35. The van der Waals surface area contributed by atoms with Gasteiger partial charge < -0.3 is 9.47 Å². The van der Waals surface area contributed by atoms with Crippen LogP contribution in [0.5, 0.6) is 0 Å². The van der Waals surface area contributed by atoms with Crippen molar-refractivity contribution in [2.45, 2.75) is 32.8 Å². The lowest BCUT2D eigenvalue weighted by Crippen LogP contribution is -2.24. The first kappa shape index (κ1) is 11.7. The summed E-state index contributed by atoms with van der Waals surface area (Å²) in [5.41, 5.74) is 0.986. The highest BCUT2D eigenvalue weighted by Gasteiger charge is 2.15. The minimum absolute atomic E-state index is 0.0743. The largest absolute Gasteiger partial charge is 0.379 e. The number of rotatable bonds is 6. The van der Waals surface area contributed by atoms with E-state index in [-0.39, 0.29) is 5.60 Å². The highest BCUT2D eigenvalue weighted by molar-refractivity contribution is 4.87. The molecule has 0 saturated carbocycles. The summed E-state index contributed by atoms with van der Waals surface area (Å²) in [6, 6.07) is 0.